The number of nitrogens with one attached hydrogen (secondary N) is 1. The standard InChI is InChI=1S/C15H12BrNO4S/c16-11-6-7-15-13(10-11)14(8-9-20-15)17-21-22(18,19)12-4-2-1-3-5-12/h1-8,10,17H,9H2. The van der Waals surface area contributed by atoms with Gasteiger partial charge < -0.3 is 4.74 Å². The number of fused-ring (bicyclic) bond motifs is 1. The van der Waals surface area contributed by atoms with E-state index in [2.05, 4.69) is 21.4 Å². The lowest BCUT2D eigenvalue weighted by atomic mass is 10.1. The van der Waals surface area contributed by atoms with Crippen molar-refractivity contribution >= 4 is 31.7 Å². The van der Waals surface area contributed by atoms with Crippen LogP contribution in [0.1, 0.15) is 5.56 Å². The average molecular weight is 382 g/mol. The highest BCUT2D eigenvalue weighted by Gasteiger charge is 2.19. The smallest absolute Gasteiger partial charge is 0.317 e. The summed E-state index contributed by atoms with van der Waals surface area (Å²) in [6, 6.07) is 13.4. The number of hydroxylamine groups is 1. The SMILES string of the molecule is O=S(=O)(ONC1=CCOc2ccc(Br)cc21)c1ccccc1. The summed E-state index contributed by atoms with van der Waals surface area (Å²) in [5.74, 6) is 0.661. The first-order valence-corrected chi connectivity index (χ1v) is 8.64. The predicted octanol–water partition coefficient (Wildman–Crippen LogP) is 3.09. The van der Waals surface area contributed by atoms with Crippen LogP contribution in [0.25, 0.3) is 5.70 Å². The summed E-state index contributed by atoms with van der Waals surface area (Å²) in [6.45, 7) is 0.339. The number of benzene rings is 2. The molecule has 0 unspecified atom stereocenters. The molecule has 0 bridgehead atoms. The van der Waals surface area contributed by atoms with E-state index < -0.39 is 10.1 Å². The van der Waals surface area contributed by atoms with E-state index >= 15 is 0 Å². The molecular weight excluding hydrogens is 370 g/mol. The summed E-state index contributed by atoms with van der Waals surface area (Å²) >= 11 is 3.38. The largest absolute Gasteiger partial charge is 0.489 e. The molecule has 7 heteroatoms. The normalized spacial score (nSPS) is 13.8. The zero-order valence-corrected chi connectivity index (χ0v) is 13.7. The molecule has 1 heterocycles. The lowest BCUT2D eigenvalue weighted by Crippen LogP contribution is -2.22. The maximum atomic E-state index is 12.1. The van der Waals surface area contributed by atoms with Crippen molar-refractivity contribution in [2.75, 3.05) is 6.61 Å². The fraction of sp³-hybridized carbons (Fsp3) is 0.0667. The Hall–Kier alpha value is -1.83. The van der Waals surface area contributed by atoms with Crippen LogP contribution in [0.4, 0.5) is 0 Å². The van der Waals surface area contributed by atoms with Crippen molar-refractivity contribution < 1.29 is 17.4 Å². The molecule has 1 aliphatic heterocycles. The quantitative estimate of drug-likeness (QED) is 0.824. The Labute approximate surface area is 136 Å². The maximum absolute atomic E-state index is 12.1. The Morgan fingerprint density at radius 2 is 1.91 bits per heavy atom. The van der Waals surface area contributed by atoms with Gasteiger partial charge in [-0.3, -0.25) is 0 Å². The Kier molecular flexibility index (Phi) is 4.19. The molecule has 22 heavy (non-hydrogen) atoms. The number of ether oxygens (including phenoxy) is 1. The van der Waals surface area contributed by atoms with Crippen LogP contribution >= 0.6 is 15.9 Å². The summed E-state index contributed by atoms with van der Waals surface area (Å²) in [4.78, 5) is 0.0876. The van der Waals surface area contributed by atoms with Crippen molar-refractivity contribution in [1.82, 2.24) is 5.48 Å². The highest BCUT2D eigenvalue weighted by molar-refractivity contribution is 9.10. The molecule has 114 valence electrons. The van der Waals surface area contributed by atoms with Gasteiger partial charge in [0.05, 0.1) is 10.6 Å². The first-order valence-electron chi connectivity index (χ1n) is 6.44. The van der Waals surface area contributed by atoms with Gasteiger partial charge in [-0.1, -0.05) is 34.1 Å². The van der Waals surface area contributed by atoms with E-state index in [0.29, 0.717) is 18.1 Å². The second kappa shape index (κ2) is 6.12. The zero-order chi connectivity index (χ0) is 15.6. The monoisotopic (exact) mass is 381 g/mol. The molecule has 0 saturated carbocycles. The van der Waals surface area contributed by atoms with E-state index in [1.807, 2.05) is 12.1 Å². The van der Waals surface area contributed by atoms with Crippen LogP contribution in [0, 0.1) is 0 Å². The van der Waals surface area contributed by atoms with Crippen molar-refractivity contribution in [3.8, 4) is 5.75 Å². The minimum Gasteiger partial charge on any atom is -0.489 e. The molecule has 0 saturated heterocycles. The van der Waals surface area contributed by atoms with Crippen molar-refractivity contribution in [2.24, 2.45) is 0 Å². The summed E-state index contributed by atoms with van der Waals surface area (Å²) in [5.41, 5.74) is 3.79. The lowest BCUT2D eigenvalue weighted by Gasteiger charge is -2.19. The molecular formula is C15H12BrNO4S. The predicted molar refractivity (Wildman–Crippen MR) is 85.5 cm³/mol. The van der Waals surface area contributed by atoms with E-state index in [-0.39, 0.29) is 4.90 Å². The summed E-state index contributed by atoms with van der Waals surface area (Å²) < 4.78 is 35.5. The van der Waals surface area contributed by atoms with E-state index in [1.165, 1.54) is 12.1 Å². The Balaban J connectivity index is 1.81. The molecule has 0 fully saturated rings. The average Bonchev–Trinajstić information content (AvgIpc) is 2.54. The van der Waals surface area contributed by atoms with Gasteiger partial charge in [-0.2, -0.15) is 8.42 Å². The first-order chi connectivity index (χ1) is 10.6. The molecule has 5 nitrogen and oxygen atoms in total. The molecule has 0 aromatic heterocycles. The molecule has 1 N–H and O–H groups in total. The van der Waals surface area contributed by atoms with Crippen LogP contribution in [-0.2, 0) is 14.4 Å². The van der Waals surface area contributed by atoms with Gasteiger partial charge in [0.2, 0.25) is 0 Å². The first kappa shape index (κ1) is 15.1. The number of halogens is 1. The van der Waals surface area contributed by atoms with Crippen LogP contribution in [0.3, 0.4) is 0 Å². The van der Waals surface area contributed by atoms with Gasteiger partial charge in [-0.15, -0.1) is 4.28 Å². The molecule has 1 aliphatic rings. The van der Waals surface area contributed by atoms with Gasteiger partial charge in [0.25, 0.3) is 0 Å². The van der Waals surface area contributed by atoms with Crippen molar-refractivity contribution in [2.45, 2.75) is 4.90 Å². The molecule has 0 spiro atoms. The van der Waals surface area contributed by atoms with Gasteiger partial charge in [-0.05, 0) is 36.4 Å². The van der Waals surface area contributed by atoms with E-state index in [9.17, 15) is 8.42 Å². The second-order valence-corrected chi connectivity index (χ2v) is 6.98. The maximum Gasteiger partial charge on any atom is 0.317 e. The van der Waals surface area contributed by atoms with Crippen molar-refractivity contribution in [3.63, 3.8) is 0 Å². The molecule has 0 amide bonds. The van der Waals surface area contributed by atoms with E-state index in [0.717, 1.165) is 10.0 Å². The number of hydrogen-bond donors (Lipinski definition) is 1. The number of hydrogen-bond acceptors (Lipinski definition) is 5. The summed E-state index contributed by atoms with van der Waals surface area (Å²) in [5, 5.41) is 0. The highest BCUT2D eigenvalue weighted by atomic mass is 79.9. The van der Waals surface area contributed by atoms with Gasteiger partial charge in [0, 0.05) is 10.0 Å². The third-order valence-electron chi connectivity index (χ3n) is 3.05. The van der Waals surface area contributed by atoms with Gasteiger partial charge in [0.1, 0.15) is 12.4 Å². The Morgan fingerprint density at radius 3 is 2.68 bits per heavy atom. The molecule has 2 aromatic carbocycles. The van der Waals surface area contributed by atoms with Crippen LogP contribution in [0.2, 0.25) is 0 Å². The van der Waals surface area contributed by atoms with Crippen LogP contribution in [0.15, 0.2) is 64.0 Å². The van der Waals surface area contributed by atoms with E-state index in [1.54, 1.807) is 30.3 Å². The summed E-state index contributed by atoms with van der Waals surface area (Å²) in [6.07, 6.45) is 1.72. The van der Waals surface area contributed by atoms with Gasteiger partial charge in [-0.25, -0.2) is 5.48 Å². The third-order valence-corrected chi connectivity index (χ3v) is 4.70. The van der Waals surface area contributed by atoms with Gasteiger partial charge >= 0.3 is 10.1 Å². The zero-order valence-electron chi connectivity index (χ0n) is 11.3. The fourth-order valence-corrected chi connectivity index (χ4v) is 3.14. The topological polar surface area (TPSA) is 64.6 Å². The van der Waals surface area contributed by atoms with Crippen LogP contribution in [-0.4, -0.2) is 15.0 Å². The number of rotatable bonds is 4. The molecule has 0 radical (unpaired) electrons. The van der Waals surface area contributed by atoms with Crippen molar-refractivity contribution in [3.05, 3.63) is 64.6 Å². The summed E-state index contributed by atoms with van der Waals surface area (Å²) in [7, 11) is -3.88. The fourth-order valence-electron chi connectivity index (χ4n) is 1.99. The molecule has 0 aliphatic carbocycles. The Bertz CT molecular complexity index is 819. The van der Waals surface area contributed by atoms with Crippen molar-refractivity contribution in [1.29, 1.82) is 0 Å². The Morgan fingerprint density at radius 1 is 1.14 bits per heavy atom. The van der Waals surface area contributed by atoms with E-state index in [4.69, 9.17) is 9.02 Å². The second-order valence-electron chi connectivity index (χ2n) is 4.52. The van der Waals surface area contributed by atoms with Gasteiger partial charge in [0.15, 0.2) is 0 Å². The van der Waals surface area contributed by atoms with Crippen LogP contribution < -0.4 is 10.2 Å². The minimum absolute atomic E-state index is 0.0876. The highest BCUT2D eigenvalue weighted by Crippen LogP contribution is 2.31. The van der Waals surface area contributed by atoms with Crippen LogP contribution in [0.5, 0.6) is 5.75 Å². The third kappa shape index (κ3) is 3.16. The lowest BCUT2D eigenvalue weighted by molar-refractivity contribution is 0.254. The minimum atomic E-state index is -3.88. The molecule has 0 atom stereocenters. The molecule has 3 rings (SSSR count). The molecule has 2 aromatic rings.